The Morgan fingerprint density at radius 2 is 2.21 bits per heavy atom. The molecule has 4 nitrogen and oxygen atoms in total. The number of anilines is 1. The standard InChI is InChI=1S/C13H16ClN3OS/c1-9(10-5-3-4-6-11(10)14)15-13-16-12(17-19-13)7-8-18-2/h3-6,9H,7-8H2,1-2H3,(H,15,16,17). The summed E-state index contributed by atoms with van der Waals surface area (Å²) in [5.41, 5.74) is 1.05. The Hall–Kier alpha value is -1.17. The number of halogens is 1. The van der Waals surface area contributed by atoms with E-state index < -0.39 is 0 Å². The Bertz CT molecular complexity index is 532. The van der Waals surface area contributed by atoms with Crippen LogP contribution in [0, 0.1) is 0 Å². The number of nitrogens with zero attached hydrogens (tertiary/aromatic N) is 2. The maximum atomic E-state index is 6.17. The number of hydrogen-bond acceptors (Lipinski definition) is 5. The Balaban J connectivity index is 2.01. The van der Waals surface area contributed by atoms with Crippen LogP contribution in [0.1, 0.15) is 24.4 Å². The fourth-order valence-corrected chi connectivity index (χ4v) is 2.70. The van der Waals surface area contributed by atoms with E-state index >= 15 is 0 Å². The van der Waals surface area contributed by atoms with Crippen LogP contribution in [0.15, 0.2) is 24.3 Å². The molecule has 1 aromatic carbocycles. The molecule has 1 unspecified atom stereocenters. The molecule has 0 bridgehead atoms. The Morgan fingerprint density at radius 3 is 2.95 bits per heavy atom. The van der Waals surface area contributed by atoms with E-state index in [2.05, 4.69) is 21.6 Å². The van der Waals surface area contributed by atoms with Crippen LogP contribution in [-0.4, -0.2) is 23.1 Å². The average Bonchev–Trinajstić information content (AvgIpc) is 2.84. The van der Waals surface area contributed by atoms with Crippen LogP contribution in [-0.2, 0) is 11.2 Å². The van der Waals surface area contributed by atoms with Gasteiger partial charge < -0.3 is 10.1 Å². The van der Waals surface area contributed by atoms with Crippen LogP contribution in [0.3, 0.4) is 0 Å². The number of benzene rings is 1. The van der Waals surface area contributed by atoms with Gasteiger partial charge in [-0.3, -0.25) is 0 Å². The van der Waals surface area contributed by atoms with Gasteiger partial charge in [0, 0.05) is 30.1 Å². The second kappa shape index (κ2) is 6.84. The highest BCUT2D eigenvalue weighted by molar-refractivity contribution is 7.09. The highest BCUT2D eigenvalue weighted by atomic mass is 35.5. The van der Waals surface area contributed by atoms with E-state index in [9.17, 15) is 0 Å². The minimum atomic E-state index is 0.0944. The predicted octanol–water partition coefficient (Wildman–Crippen LogP) is 3.55. The molecule has 1 aromatic heterocycles. The summed E-state index contributed by atoms with van der Waals surface area (Å²) in [5, 5.41) is 4.88. The third-order valence-electron chi connectivity index (χ3n) is 2.71. The van der Waals surface area contributed by atoms with Crippen molar-refractivity contribution in [3.63, 3.8) is 0 Å². The summed E-state index contributed by atoms with van der Waals surface area (Å²) >= 11 is 7.53. The van der Waals surface area contributed by atoms with Crippen molar-refractivity contribution in [1.29, 1.82) is 0 Å². The molecule has 0 radical (unpaired) electrons. The zero-order valence-electron chi connectivity index (χ0n) is 10.9. The van der Waals surface area contributed by atoms with Gasteiger partial charge in [0.25, 0.3) is 0 Å². The van der Waals surface area contributed by atoms with Crippen LogP contribution in [0.25, 0.3) is 0 Å². The third kappa shape index (κ3) is 3.89. The van der Waals surface area contributed by atoms with Crippen LogP contribution in [0.5, 0.6) is 0 Å². The van der Waals surface area contributed by atoms with E-state index in [1.165, 1.54) is 11.5 Å². The van der Waals surface area contributed by atoms with E-state index in [1.807, 2.05) is 24.3 Å². The van der Waals surface area contributed by atoms with Crippen molar-refractivity contribution in [2.45, 2.75) is 19.4 Å². The van der Waals surface area contributed by atoms with Crippen LogP contribution in [0.4, 0.5) is 5.13 Å². The average molecular weight is 298 g/mol. The molecule has 0 saturated carbocycles. The van der Waals surface area contributed by atoms with Gasteiger partial charge in [-0.05, 0) is 18.6 Å². The summed E-state index contributed by atoms with van der Waals surface area (Å²) in [6.07, 6.45) is 0.731. The molecule has 0 amide bonds. The fraction of sp³-hybridized carbons (Fsp3) is 0.385. The molecule has 19 heavy (non-hydrogen) atoms. The van der Waals surface area contributed by atoms with Crippen molar-refractivity contribution in [2.24, 2.45) is 0 Å². The van der Waals surface area contributed by atoms with Crippen molar-refractivity contribution in [2.75, 3.05) is 19.0 Å². The largest absolute Gasteiger partial charge is 0.384 e. The molecule has 1 heterocycles. The second-order valence-corrected chi connectivity index (χ2v) is 5.31. The lowest BCUT2D eigenvalue weighted by Crippen LogP contribution is -2.07. The molecule has 0 fully saturated rings. The SMILES string of the molecule is COCCc1nsc(NC(C)c2ccccc2Cl)n1. The van der Waals surface area contributed by atoms with E-state index in [4.69, 9.17) is 16.3 Å². The zero-order chi connectivity index (χ0) is 13.7. The number of ether oxygens (including phenoxy) is 1. The van der Waals surface area contributed by atoms with E-state index in [0.717, 1.165) is 28.0 Å². The summed E-state index contributed by atoms with van der Waals surface area (Å²) in [6, 6.07) is 7.89. The van der Waals surface area contributed by atoms with E-state index in [-0.39, 0.29) is 6.04 Å². The van der Waals surface area contributed by atoms with Crippen molar-refractivity contribution < 1.29 is 4.74 Å². The normalized spacial score (nSPS) is 12.4. The van der Waals surface area contributed by atoms with Crippen molar-refractivity contribution in [1.82, 2.24) is 9.36 Å². The minimum absolute atomic E-state index is 0.0944. The molecule has 0 spiro atoms. The lowest BCUT2D eigenvalue weighted by atomic mass is 10.1. The highest BCUT2D eigenvalue weighted by Crippen LogP contribution is 2.26. The zero-order valence-corrected chi connectivity index (χ0v) is 12.5. The lowest BCUT2D eigenvalue weighted by molar-refractivity contribution is 0.201. The van der Waals surface area contributed by atoms with Gasteiger partial charge in [-0.25, -0.2) is 4.98 Å². The lowest BCUT2D eigenvalue weighted by Gasteiger charge is -2.14. The molecule has 0 aliphatic heterocycles. The van der Waals surface area contributed by atoms with Crippen molar-refractivity contribution in [3.05, 3.63) is 40.7 Å². The molecule has 2 aromatic rings. The molecule has 0 aliphatic rings. The highest BCUT2D eigenvalue weighted by Gasteiger charge is 2.11. The number of aromatic nitrogens is 2. The Morgan fingerprint density at radius 1 is 1.42 bits per heavy atom. The number of methoxy groups -OCH3 is 1. The van der Waals surface area contributed by atoms with Gasteiger partial charge in [0.2, 0.25) is 5.13 Å². The van der Waals surface area contributed by atoms with Gasteiger partial charge in [0.05, 0.1) is 12.6 Å². The summed E-state index contributed by atoms with van der Waals surface area (Å²) in [4.78, 5) is 4.42. The molecule has 1 N–H and O–H groups in total. The van der Waals surface area contributed by atoms with E-state index in [1.54, 1.807) is 7.11 Å². The summed E-state index contributed by atoms with van der Waals surface area (Å²) in [7, 11) is 1.67. The van der Waals surface area contributed by atoms with Gasteiger partial charge in [-0.15, -0.1) is 0 Å². The molecular weight excluding hydrogens is 282 g/mol. The molecule has 6 heteroatoms. The van der Waals surface area contributed by atoms with Crippen LogP contribution < -0.4 is 5.32 Å². The third-order valence-corrected chi connectivity index (χ3v) is 3.74. The van der Waals surface area contributed by atoms with Crippen molar-refractivity contribution in [3.8, 4) is 0 Å². The molecular formula is C13H16ClN3OS. The minimum Gasteiger partial charge on any atom is -0.384 e. The molecule has 1 atom stereocenters. The second-order valence-electron chi connectivity index (χ2n) is 4.15. The molecule has 102 valence electrons. The smallest absolute Gasteiger partial charge is 0.203 e. The van der Waals surface area contributed by atoms with Crippen LogP contribution in [0.2, 0.25) is 5.02 Å². The Labute approximate surface area is 122 Å². The maximum absolute atomic E-state index is 6.17. The first-order valence-corrected chi connectivity index (χ1v) is 7.18. The summed E-state index contributed by atoms with van der Waals surface area (Å²) in [5.74, 6) is 0.806. The maximum Gasteiger partial charge on any atom is 0.203 e. The first-order valence-electron chi connectivity index (χ1n) is 6.03. The number of hydrogen-bond donors (Lipinski definition) is 1. The van der Waals surface area contributed by atoms with Gasteiger partial charge >= 0.3 is 0 Å². The number of rotatable bonds is 6. The summed E-state index contributed by atoms with van der Waals surface area (Å²) in [6.45, 7) is 2.69. The fourth-order valence-electron chi connectivity index (χ4n) is 1.70. The topological polar surface area (TPSA) is 47.0 Å². The van der Waals surface area contributed by atoms with Gasteiger partial charge in [-0.2, -0.15) is 4.37 Å². The van der Waals surface area contributed by atoms with Gasteiger partial charge in [0.1, 0.15) is 5.82 Å². The first-order chi connectivity index (χ1) is 9.20. The number of nitrogens with one attached hydrogen (secondary N) is 1. The molecule has 0 aliphatic carbocycles. The molecule has 0 saturated heterocycles. The predicted molar refractivity (Wildman–Crippen MR) is 79.0 cm³/mol. The van der Waals surface area contributed by atoms with Crippen LogP contribution >= 0.6 is 23.1 Å². The van der Waals surface area contributed by atoms with E-state index in [0.29, 0.717) is 6.61 Å². The van der Waals surface area contributed by atoms with Gasteiger partial charge in [-0.1, -0.05) is 29.8 Å². The monoisotopic (exact) mass is 297 g/mol. The first kappa shape index (κ1) is 14.2. The molecule has 2 rings (SSSR count). The van der Waals surface area contributed by atoms with Gasteiger partial charge in [0.15, 0.2) is 0 Å². The Kier molecular flexibility index (Phi) is 5.13. The van der Waals surface area contributed by atoms with Crippen molar-refractivity contribution >= 4 is 28.3 Å². The summed E-state index contributed by atoms with van der Waals surface area (Å²) < 4.78 is 9.29. The quantitative estimate of drug-likeness (QED) is 0.886.